The molecule has 3 atom stereocenters. The molecule has 0 amide bonds. The Morgan fingerprint density at radius 3 is 1.90 bits per heavy atom. The van der Waals surface area contributed by atoms with Crippen molar-refractivity contribution in [2.45, 2.75) is 42.2 Å². The number of rotatable bonds is 9. The van der Waals surface area contributed by atoms with Crippen LogP contribution < -0.4 is 0 Å². The van der Waals surface area contributed by atoms with Crippen molar-refractivity contribution in [3.63, 3.8) is 0 Å². The molecule has 0 saturated carbocycles. The Bertz CT molecular complexity index is 497. The average Bonchev–Trinajstić information content (AvgIpc) is 2.23. The maximum atomic E-state index is 11.1. The minimum Gasteiger partial charge on any atom is -0.396 e. The van der Waals surface area contributed by atoms with E-state index in [1.54, 1.807) is 0 Å². The summed E-state index contributed by atoms with van der Waals surface area (Å²) in [5, 5.41) is 36.8. The highest BCUT2D eigenvalue weighted by atomic mass is 32.2. The first-order valence-corrected chi connectivity index (χ1v) is 8.40. The quantitative estimate of drug-likeness (QED) is 0.249. The van der Waals surface area contributed by atoms with Crippen molar-refractivity contribution in [2.75, 3.05) is 6.61 Å². The van der Waals surface area contributed by atoms with Crippen LogP contribution in [0, 0.1) is 0 Å². The summed E-state index contributed by atoms with van der Waals surface area (Å²) in [4.78, 5) is -2.80. The molecule has 0 radical (unpaired) electrons. The van der Waals surface area contributed by atoms with Gasteiger partial charge in [-0.15, -0.1) is 0 Å². The van der Waals surface area contributed by atoms with Crippen LogP contribution in [0.5, 0.6) is 0 Å². The molecule has 0 aromatic rings. The van der Waals surface area contributed by atoms with Crippen molar-refractivity contribution in [3.8, 4) is 0 Å². The zero-order valence-electron chi connectivity index (χ0n) is 10.3. The number of hydrogen-bond donors (Lipinski definition) is 6. The van der Waals surface area contributed by atoms with Crippen LogP contribution in [0.4, 0.5) is 0 Å². The molecule has 0 spiro atoms. The van der Waals surface area contributed by atoms with Gasteiger partial charge in [-0.2, -0.15) is 16.8 Å². The van der Waals surface area contributed by atoms with Crippen LogP contribution in [0.25, 0.3) is 0 Å². The SMILES string of the molecule is O=S(=O)(O)C(O)CC(O)CC(O)(CCCO)S(=O)(=O)O. The summed E-state index contributed by atoms with van der Waals surface area (Å²) >= 11 is 0. The summed E-state index contributed by atoms with van der Waals surface area (Å²) < 4.78 is 60.6. The van der Waals surface area contributed by atoms with Crippen molar-refractivity contribution >= 4 is 20.2 Å². The standard InChI is InChI=1S/C8H18O10S2/c9-3-1-2-8(12,20(16,17)18)5-6(10)4-7(11)19(13,14)15/h6-7,9-12H,1-5H2,(H,13,14,15)(H,16,17,18). The highest BCUT2D eigenvalue weighted by Crippen LogP contribution is 2.27. The van der Waals surface area contributed by atoms with Gasteiger partial charge in [0.15, 0.2) is 10.4 Å². The third kappa shape index (κ3) is 5.97. The molecule has 0 rings (SSSR count). The van der Waals surface area contributed by atoms with E-state index in [0.29, 0.717) is 0 Å². The largest absolute Gasteiger partial charge is 0.396 e. The van der Waals surface area contributed by atoms with Gasteiger partial charge in [0.2, 0.25) is 0 Å². The van der Waals surface area contributed by atoms with E-state index in [9.17, 15) is 27.0 Å². The lowest BCUT2D eigenvalue weighted by molar-refractivity contribution is 0.0200. The van der Waals surface area contributed by atoms with Gasteiger partial charge in [0.1, 0.15) is 0 Å². The first-order valence-electron chi connectivity index (χ1n) is 5.46. The molecule has 0 aliphatic carbocycles. The van der Waals surface area contributed by atoms with Gasteiger partial charge in [-0.3, -0.25) is 9.11 Å². The van der Waals surface area contributed by atoms with Crippen LogP contribution in [-0.4, -0.2) is 69.4 Å². The van der Waals surface area contributed by atoms with Crippen LogP contribution in [0.3, 0.4) is 0 Å². The number of hydrogen-bond acceptors (Lipinski definition) is 8. The molecule has 3 unspecified atom stereocenters. The lowest BCUT2D eigenvalue weighted by Crippen LogP contribution is -2.42. The molecule has 6 N–H and O–H groups in total. The summed E-state index contributed by atoms with van der Waals surface area (Å²) in [6, 6.07) is 0. The highest BCUT2D eigenvalue weighted by molar-refractivity contribution is 7.87. The molecule has 0 aromatic carbocycles. The molecule has 122 valence electrons. The Morgan fingerprint density at radius 1 is 1.05 bits per heavy atom. The van der Waals surface area contributed by atoms with E-state index < -0.39 is 62.6 Å². The molecular weight excluding hydrogens is 320 g/mol. The van der Waals surface area contributed by atoms with Gasteiger partial charge >= 0.3 is 0 Å². The first-order chi connectivity index (χ1) is 8.83. The highest BCUT2D eigenvalue weighted by Gasteiger charge is 2.42. The van der Waals surface area contributed by atoms with Gasteiger partial charge in [-0.1, -0.05) is 0 Å². The predicted molar refractivity (Wildman–Crippen MR) is 65.6 cm³/mol. The third-order valence-corrected chi connectivity index (χ3v) is 4.79. The second kappa shape index (κ2) is 7.09. The molecule has 0 bridgehead atoms. The molecule has 0 saturated heterocycles. The van der Waals surface area contributed by atoms with E-state index in [2.05, 4.69) is 0 Å². The zero-order chi connectivity index (χ0) is 16.2. The summed E-state index contributed by atoms with van der Waals surface area (Å²) in [7, 11) is -9.86. The van der Waals surface area contributed by atoms with Gasteiger partial charge in [0, 0.05) is 19.4 Å². The molecular formula is C8H18O10S2. The van der Waals surface area contributed by atoms with E-state index in [1.807, 2.05) is 0 Å². The third-order valence-electron chi connectivity index (χ3n) is 2.58. The van der Waals surface area contributed by atoms with Crippen LogP contribution in [0.2, 0.25) is 0 Å². The van der Waals surface area contributed by atoms with Gasteiger partial charge in [-0.25, -0.2) is 0 Å². The smallest absolute Gasteiger partial charge is 0.295 e. The Morgan fingerprint density at radius 2 is 1.55 bits per heavy atom. The lowest BCUT2D eigenvalue weighted by atomic mass is 10.0. The van der Waals surface area contributed by atoms with E-state index >= 15 is 0 Å². The maximum absolute atomic E-state index is 11.1. The van der Waals surface area contributed by atoms with Crippen LogP contribution in [0.1, 0.15) is 25.7 Å². The van der Waals surface area contributed by atoms with Crippen molar-refractivity contribution in [1.29, 1.82) is 0 Å². The first kappa shape index (κ1) is 19.7. The topological polar surface area (TPSA) is 190 Å². The second-order valence-electron chi connectivity index (χ2n) is 4.31. The summed E-state index contributed by atoms with van der Waals surface area (Å²) in [5.41, 5.74) is -2.36. The Hall–Kier alpha value is -0.340. The number of aliphatic hydroxyl groups excluding tert-OH is 3. The predicted octanol–water partition coefficient (Wildman–Crippen LogP) is -2.32. The summed E-state index contributed by atoms with van der Waals surface area (Å²) in [6.07, 6.45) is -4.61. The van der Waals surface area contributed by atoms with Crippen molar-refractivity contribution in [3.05, 3.63) is 0 Å². The zero-order valence-corrected chi connectivity index (χ0v) is 12.0. The van der Waals surface area contributed by atoms with Crippen LogP contribution in [0.15, 0.2) is 0 Å². The average molecular weight is 338 g/mol. The minimum absolute atomic E-state index is 0.205. The van der Waals surface area contributed by atoms with Gasteiger partial charge < -0.3 is 20.4 Å². The van der Waals surface area contributed by atoms with Crippen molar-refractivity contribution in [1.82, 2.24) is 0 Å². The van der Waals surface area contributed by atoms with E-state index in [-0.39, 0.29) is 6.42 Å². The molecule has 20 heavy (non-hydrogen) atoms. The van der Waals surface area contributed by atoms with Gasteiger partial charge in [0.05, 0.1) is 6.10 Å². The Labute approximate surface area is 116 Å². The minimum atomic E-state index is -5.01. The summed E-state index contributed by atoms with van der Waals surface area (Å²) in [5.74, 6) is 0. The Kier molecular flexibility index (Phi) is 6.96. The molecule has 0 aromatic heterocycles. The second-order valence-corrected chi connectivity index (χ2v) is 7.60. The molecule has 0 aliphatic rings. The molecule has 0 aliphatic heterocycles. The molecule has 12 heteroatoms. The molecule has 0 fully saturated rings. The fourth-order valence-electron chi connectivity index (χ4n) is 1.50. The number of aliphatic hydroxyl groups is 4. The fourth-order valence-corrected chi connectivity index (χ4v) is 2.77. The van der Waals surface area contributed by atoms with Crippen LogP contribution >= 0.6 is 0 Å². The monoisotopic (exact) mass is 338 g/mol. The van der Waals surface area contributed by atoms with E-state index in [1.165, 1.54) is 0 Å². The molecule has 0 heterocycles. The normalized spacial score (nSPS) is 19.3. The Balaban J connectivity index is 4.92. The van der Waals surface area contributed by atoms with Crippen molar-refractivity contribution < 1.29 is 46.4 Å². The maximum Gasteiger partial charge on any atom is 0.295 e. The van der Waals surface area contributed by atoms with Gasteiger partial charge in [-0.05, 0) is 12.8 Å². The van der Waals surface area contributed by atoms with Gasteiger partial charge in [0.25, 0.3) is 20.2 Å². The molecule has 10 nitrogen and oxygen atoms in total. The van der Waals surface area contributed by atoms with Crippen LogP contribution in [-0.2, 0) is 20.2 Å². The lowest BCUT2D eigenvalue weighted by Gasteiger charge is -2.27. The fraction of sp³-hybridized carbons (Fsp3) is 1.00. The van der Waals surface area contributed by atoms with Crippen molar-refractivity contribution in [2.24, 2.45) is 0 Å². The van der Waals surface area contributed by atoms with E-state index in [0.717, 1.165) is 0 Å². The summed E-state index contributed by atoms with van der Waals surface area (Å²) in [6.45, 7) is -0.485. The van der Waals surface area contributed by atoms with E-state index in [4.69, 9.17) is 19.3 Å².